The van der Waals surface area contributed by atoms with E-state index in [1.54, 1.807) is 6.92 Å². The summed E-state index contributed by atoms with van der Waals surface area (Å²) in [6.45, 7) is 1.37. The van der Waals surface area contributed by atoms with Gasteiger partial charge >= 0.3 is 12.1 Å². The van der Waals surface area contributed by atoms with Gasteiger partial charge in [-0.25, -0.2) is 13.2 Å². The zero-order chi connectivity index (χ0) is 23.7. The Morgan fingerprint density at radius 1 is 1.19 bits per heavy atom. The lowest BCUT2D eigenvalue weighted by atomic mass is 9.76. The number of aliphatic hydroxyl groups is 1. The van der Waals surface area contributed by atoms with Crippen LogP contribution >= 0.6 is 0 Å². The lowest BCUT2D eigenvalue weighted by Crippen LogP contribution is -2.33. The molecule has 32 heavy (non-hydrogen) atoms. The molecule has 176 valence electrons. The summed E-state index contributed by atoms with van der Waals surface area (Å²) >= 11 is 0. The molecular weight excluding hydrogens is 447 g/mol. The van der Waals surface area contributed by atoms with E-state index in [9.17, 15) is 31.5 Å². The lowest BCUT2D eigenvalue weighted by Gasteiger charge is -2.34. The molecule has 1 saturated carbocycles. The number of aromatic nitrogens is 1. The van der Waals surface area contributed by atoms with Crippen LogP contribution in [0.25, 0.3) is 0 Å². The van der Waals surface area contributed by atoms with E-state index in [1.807, 2.05) is 0 Å². The van der Waals surface area contributed by atoms with Crippen LogP contribution in [0.2, 0.25) is 0 Å². The van der Waals surface area contributed by atoms with Gasteiger partial charge in [-0.1, -0.05) is 12.8 Å². The van der Waals surface area contributed by atoms with Crippen LogP contribution in [0.3, 0.4) is 0 Å². The fourth-order valence-electron chi connectivity index (χ4n) is 4.43. The van der Waals surface area contributed by atoms with Gasteiger partial charge < -0.3 is 14.4 Å². The normalized spacial score (nSPS) is 19.7. The molecule has 1 N–H and O–H groups in total. The van der Waals surface area contributed by atoms with E-state index in [4.69, 9.17) is 4.74 Å². The Hall–Kier alpha value is -2.33. The molecule has 0 spiro atoms. The van der Waals surface area contributed by atoms with Gasteiger partial charge in [0, 0.05) is 30.6 Å². The van der Waals surface area contributed by atoms with E-state index >= 15 is 0 Å². The Balaban J connectivity index is 1.93. The Morgan fingerprint density at radius 3 is 2.38 bits per heavy atom. The number of alkyl halides is 3. The molecule has 3 rings (SSSR count). The van der Waals surface area contributed by atoms with E-state index < -0.39 is 33.8 Å². The van der Waals surface area contributed by atoms with Crippen molar-refractivity contribution in [2.24, 2.45) is 5.92 Å². The first kappa shape index (κ1) is 24.3. The van der Waals surface area contributed by atoms with Gasteiger partial charge in [-0.2, -0.15) is 13.2 Å². The number of esters is 1. The number of rotatable bonds is 6. The summed E-state index contributed by atoms with van der Waals surface area (Å²) in [5.74, 6) is -2.95. The summed E-state index contributed by atoms with van der Waals surface area (Å²) in [5, 5.41) is 9.43. The highest BCUT2D eigenvalue weighted by Crippen LogP contribution is 2.47. The van der Waals surface area contributed by atoms with Crippen LogP contribution in [0.15, 0.2) is 35.4 Å². The number of hydrogen-bond acceptors (Lipinski definition) is 5. The molecule has 0 saturated heterocycles. The summed E-state index contributed by atoms with van der Waals surface area (Å²) in [6.07, 6.45) is -0.329. The van der Waals surface area contributed by atoms with Crippen molar-refractivity contribution in [1.29, 1.82) is 0 Å². The van der Waals surface area contributed by atoms with Crippen LogP contribution in [-0.4, -0.2) is 43.1 Å². The van der Waals surface area contributed by atoms with Crippen molar-refractivity contribution in [1.82, 2.24) is 4.57 Å². The number of carbonyl (C=O) groups excluding carboxylic acids is 1. The van der Waals surface area contributed by atoms with Crippen LogP contribution in [-0.2, 0) is 16.4 Å². The lowest BCUT2D eigenvalue weighted by molar-refractivity contribution is -0.187. The highest BCUT2D eigenvalue weighted by atomic mass is 32.2. The minimum atomic E-state index is -4.35. The van der Waals surface area contributed by atoms with Crippen LogP contribution in [0.1, 0.15) is 53.2 Å². The molecule has 0 aliphatic heterocycles. The monoisotopic (exact) mass is 473 g/mol. The Kier molecular flexibility index (Phi) is 7.04. The maximum Gasteiger partial charge on any atom is 0.392 e. The number of benzene rings is 1. The zero-order valence-electron chi connectivity index (χ0n) is 17.9. The largest absolute Gasteiger partial charge is 0.423 e. The molecule has 10 heteroatoms. The van der Waals surface area contributed by atoms with Gasteiger partial charge in [0.1, 0.15) is 5.75 Å². The second kappa shape index (κ2) is 9.27. The molecule has 2 unspecified atom stereocenters. The number of aliphatic hydroxyl groups excluding tert-OH is 1. The van der Waals surface area contributed by atoms with Gasteiger partial charge in [0.05, 0.1) is 23.0 Å². The molecule has 2 atom stereocenters. The fraction of sp³-hybridized carbons (Fsp3) is 0.500. The van der Waals surface area contributed by atoms with Crippen molar-refractivity contribution in [3.05, 3.63) is 47.3 Å². The first-order chi connectivity index (χ1) is 14.9. The van der Waals surface area contributed by atoms with E-state index in [1.165, 1.54) is 35.0 Å². The average molecular weight is 474 g/mol. The molecule has 1 aromatic carbocycles. The molecule has 1 aromatic heterocycles. The molecule has 1 aliphatic carbocycles. The predicted molar refractivity (Wildman–Crippen MR) is 112 cm³/mol. The van der Waals surface area contributed by atoms with Gasteiger partial charge in [0.15, 0.2) is 9.84 Å². The second-order valence-electron chi connectivity index (χ2n) is 8.14. The molecule has 1 fully saturated rings. The highest BCUT2D eigenvalue weighted by Gasteiger charge is 2.47. The Bertz CT molecular complexity index is 1070. The number of ether oxygens (including phenoxy) is 1. The maximum absolute atomic E-state index is 13.7. The standard InChI is InChI=1S/C22H26F3NO5S/c1-14-18(21(28)31-15-7-9-16(10-8-15)32(2,29)30)13-26(11-12-27)20(14)17-5-3-4-6-19(17)22(23,24)25/h7-10,13,17,19,27H,3-6,11-12H2,1-2H3. The van der Waals surface area contributed by atoms with Crippen molar-refractivity contribution in [3.63, 3.8) is 0 Å². The topological polar surface area (TPSA) is 85.6 Å². The van der Waals surface area contributed by atoms with Crippen molar-refractivity contribution >= 4 is 15.8 Å². The predicted octanol–water partition coefficient (Wildman–Crippen LogP) is 4.25. The Labute approximate surface area is 184 Å². The first-order valence-corrected chi connectivity index (χ1v) is 12.2. The van der Waals surface area contributed by atoms with Crippen LogP contribution < -0.4 is 4.74 Å². The summed E-state index contributed by atoms with van der Waals surface area (Å²) in [7, 11) is -3.40. The first-order valence-electron chi connectivity index (χ1n) is 10.3. The number of carbonyl (C=O) groups is 1. The molecule has 2 aromatic rings. The van der Waals surface area contributed by atoms with E-state index in [0.717, 1.165) is 6.26 Å². The SMILES string of the molecule is Cc1c(C(=O)Oc2ccc(S(C)(=O)=O)cc2)cn(CCO)c1C1CCCCC1C(F)(F)F. The van der Waals surface area contributed by atoms with Crippen LogP contribution in [0.5, 0.6) is 5.75 Å². The van der Waals surface area contributed by atoms with Gasteiger partial charge in [-0.05, 0) is 49.6 Å². The summed E-state index contributed by atoms with van der Waals surface area (Å²) < 4.78 is 71.1. The van der Waals surface area contributed by atoms with Crippen molar-refractivity contribution in [2.75, 3.05) is 12.9 Å². The maximum atomic E-state index is 13.7. The van der Waals surface area contributed by atoms with Crippen molar-refractivity contribution in [2.45, 2.75) is 56.1 Å². The second-order valence-corrected chi connectivity index (χ2v) is 10.2. The van der Waals surface area contributed by atoms with Gasteiger partial charge in [0.25, 0.3) is 0 Å². The summed E-state index contributed by atoms with van der Waals surface area (Å²) in [5.41, 5.74) is 0.921. The number of halogens is 3. The van der Waals surface area contributed by atoms with Gasteiger partial charge in [0.2, 0.25) is 0 Å². The number of sulfone groups is 1. The van der Waals surface area contributed by atoms with E-state index in [2.05, 4.69) is 0 Å². The van der Waals surface area contributed by atoms with Crippen molar-refractivity contribution < 1.29 is 36.2 Å². The average Bonchev–Trinajstić information content (AvgIpc) is 3.03. The quantitative estimate of drug-likeness (QED) is 0.501. The van der Waals surface area contributed by atoms with Crippen molar-refractivity contribution in [3.8, 4) is 5.75 Å². The Morgan fingerprint density at radius 2 is 1.81 bits per heavy atom. The highest BCUT2D eigenvalue weighted by molar-refractivity contribution is 7.90. The smallest absolute Gasteiger partial charge is 0.392 e. The van der Waals surface area contributed by atoms with E-state index in [-0.39, 0.29) is 35.8 Å². The number of nitrogens with zero attached hydrogens (tertiary/aromatic N) is 1. The zero-order valence-corrected chi connectivity index (χ0v) is 18.7. The van der Waals surface area contributed by atoms with Crippen LogP contribution in [0.4, 0.5) is 13.2 Å². The molecule has 6 nitrogen and oxygen atoms in total. The fourth-order valence-corrected chi connectivity index (χ4v) is 5.06. The molecule has 1 heterocycles. The minimum Gasteiger partial charge on any atom is -0.423 e. The third-order valence-corrected chi connectivity index (χ3v) is 7.07. The number of hydrogen-bond donors (Lipinski definition) is 1. The van der Waals surface area contributed by atoms with E-state index in [0.29, 0.717) is 30.5 Å². The van der Waals surface area contributed by atoms with Crippen LogP contribution in [0, 0.1) is 12.8 Å². The summed E-state index contributed by atoms with van der Waals surface area (Å²) in [4.78, 5) is 12.9. The summed E-state index contributed by atoms with van der Waals surface area (Å²) in [6, 6.07) is 5.30. The third kappa shape index (κ3) is 5.17. The third-order valence-electron chi connectivity index (χ3n) is 5.94. The molecule has 0 bridgehead atoms. The molecule has 0 radical (unpaired) electrons. The van der Waals surface area contributed by atoms with Gasteiger partial charge in [-0.15, -0.1) is 0 Å². The van der Waals surface area contributed by atoms with Gasteiger partial charge in [-0.3, -0.25) is 0 Å². The minimum absolute atomic E-state index is 0.0321. The molecular formula is C22H26F3NO5S. The molecule has 1 aliphatic rings. The molecule has 0 amide bonds.